The van der Waals surface area contributed by atoms with Crippen LogP contribution in [0.4, 0.5) is 0 Å². The summed E-state index contributed by atoms with van der Waals surface area (Å²) in [7, 11) is 1.37. The van der Waals surface area contributed by atoms with E-state index in [1.807, 2.05) is 6.08 Å². The molecule has 5 heteroatoms. The van der Waals surface area contributed by atoms with Gasteiger partial charge in [0.05, 0.1) is 31.5 Å². The van der Waals surface area contributed by atoms with E-state index in [1.165, 1.54) is 26.4 Å². The van der Waals surface area contributed by atoms with Crippen LogP contribution in [0.5, 0.6) is 0 Å². The van der Waals surface area contributed by atoms with Crippen molar-refractivity contribution in [2.75, 3.05) is 7.11 Å². The van der Waals surface area contributed by atoms with Crippen molar-refractivity contribution in [1.29, 1.82) is 0 Å². The van der Waals surface area contributed by atoms with Gasteiger partial charge in [0.2, 0.25) is 0 Å². The SMILES string of the molecule is CCCCCC=CCC=CCC(O)[C@H]1CC(O)[C@H](CCCC(=O)OC)O1. The van der Waals surface area contributed by atoms with Crippen molar-refractivity contribution in [2.45, 2.75) is 95.5 Å². The van der Waals surface area contributed by atoms with Crippen LogP contribution in [-0.2, 0) is 14.3 Å². The third-order valence-corrected chi connectivity index (χ3v) is 4.74. The van der Waals surface area contributed by atoms with Gasteiger partial charge >= 0.3 is 5.97 Å². The quantitative estimate of drug-likeness (QED) is 0.295. The first kappa shape index (κ1) is 22.9. The third kappa shape index (κ3) is 9.51. The van der Waals surface area contributed by atoms with Crippen LogP contribution in [0.1, 0.15) is 71.1 Å². The van der Waals surface area contributed by atoms with Gasteiger partial charge in [-0.2, -0.15) is 0 Å². The van der Waals surface area contributed by atoms with E-state index in [-0.39, 0.29) is 18.2 Å². The number of ether oxygens (including phenoxy) is 2. The number of unbranched alkanes of at least 4 members (excludes halogenated alkanes) is 3. The summed E-state index contributed by atoms with van der Waals surface area (Å²) in [5.74, 6) is -0.251. The van der Waals surface area contributed by atoms with Crippen LogP contribution in [0, 0.1) is 0 Å². The molecule has 0 saturated carbocycles. The molecule has 26 heavy (non-hydrogen) atoms. The van der Waals surface area contributed by atoms with Crippen molar-refractivity contribution >= 4 is 5.97 Å². The number of aliphatic hydroxyl groups excluding tert-OH is 2. The van der Waals surface area contributed by atoms with Gasteiger partial charge in [-0.05, 0) is 38.5 Å². The molecule has 0 bridgehead atoms. The van der Waals surface area contributed by atoms with E-state index in [2.05, 4.69) is 29.9 Å². The molecule has 0 aromatic heterocycles. The van der Waals surface area contributed by atoms with E-state index in [1.54, 1.807) is 0 Å². The Kier molecular flexibility index (Phi) is 12.3. The average Bonchev–Trinajstić information content (AvgIpc) is 3.01. The topological polar surface area (TPSA) is 76.0 Å². The monoisotopic (exact) mass is 368 g/mol. The lowest BCUT2D eigenvalue weighted by molar-refractivity contribution is -0.140. The molecule has 0 radical (unpaired) electrons. The van der Waals surface area contributed by atoms with Crippen molar-refractivity contribution in [2.24, 2.45) is 0 Å². The fourth-order valence-corrected chi connectivity index (χ4v) is 3.11. The van der Waals surface area contributed by atoms with Crippen LogP contribution >= 0.6 is 0 Å². The molecule has 2 N–H and O–H groups in total. The molecule has 1 rings (SSSR count). The van der Waals surface area contributed by atoms with E-state index in [4.69, 9.17) is 4.74 Å². The Bertz CT molecular complexity index is 432. The summed E-state index contributed by atoms with van der Waals surface area (Å²) in [6.45, 7) is 2.20. The summed E-state index contributed by atoms with van der Waals surface area (Å²) in [5.41, 5.74) is 0. The van der Waals surface area contributed by atoms with Crippen molar-refractivity contribution in [3.8, 4) is 0 Å². The van der Waals surface area contributed by atoms with Crippen molar-refractivity contribution in [3.63, 3.8) is 0 Å². The van der Waals surface area contributed by atoms with Crippen LogP contribution in [0.15, 0.2) is 24.3 Å². The molecule has 150 valence electrons. The number of allylic oxidation sites excluding steroid dienone is 3. The van der Waals surface area contributed by atoms with Gasteiger partial charge in [-0.25, -0.2) is 0 Å². The number of rotatable bonds is 13. The Balaban J connectivity index is 2.19. The molecule has 2 unspecified atom stereocenters. The minimum Gasteiger partial charge on any atom is -0.469 e. The lowest BCUT2D eigenvalue weighted by Gasteiger charge is -2.18. The number of hydrogen-bond donors (Lipinski definition) is 2. The van der Waals surface area contributed by atoms with Gasteiger partial charge < -0.3 is 19.7 Å². The molecule has 5 nitrogen and oxygen atoms in total. The van der Waals surface area contributed by atoms with Gasteiger partial charge in [-0.3, -0.25) is 4.79 Å². The van der Waals surface area contributed by atoms with Gasteiger partial charge in [0.1, 0.15) is 0 Å². The smallest absolute Gasteiger partial charge is 0.305 e. The largest absolute Gasteiger partial charge is 0.469 e. The first-order chi connectivity index (χ1) is 12.6. The predicted molar refractivity (Wildman–Crippen MR) is 103 cm³/mol. The summed E-state index contributed by atoms with van der Waals surface area (Å²) in [6.07, 6.45) is 14.8. The van der Waals surface area contributed by atoms with E-state index in [9.17, 15) is 15.0 Å². The first-order valence-corrected chi connectivity index (χ1v) is 9.96. The lowest BCUT2D eigenvalue weighted by Crippen LogP contribution is -2.25. The molecule has 1 heterocycles. The first-order valence-electron chi connectivity index (χ1n) is 9.96. The van der Waals surface area contributed by atoms with Gasteiger partial charge in [0.15, 0.2) is 0 Å². The zero-order valence-electron chi connectivity index (χ0n) is 16.3. The number of aliphatic hydroxyl groups is 2. The minimum absolute atomic E-state index is 0.251. The Morgan fingerprint density at radius 3 is 2.73 bits per heavy atom. The van der Waals surface area contributed by atoms with Crippen molar-refractivity contribution in [3.05, 3.63) is 24.3 Å². The summed E-state index contributed by atoms with van der Waals surface area (Å²) in [5, 5.41) is 20.3. The molecule has 1 aliphatic heterocycles. The molecule has 0 aromatic carbocycles. The van der Waals surface area contributed by atoms with E-state index in [0.29, 0.717) is 32.1 Å². The maximum absolute atomic E-state index is 11.1. The number of carbonyl (C=O) groups excluding carboxylic acids is 1. The maximum atomic E-state index is 11.1. The zero-order valence-corrected chi connectivity index (χ0v) is 16.3. The standard InChI is InChI=1S/C21H36O5/c1-3-4-5-6-7-8-9-10-11-13-17(22)20-16-18(23)19(26-20)14-12-15-21(24)25-2/h7-8,10-11,17-20,22-23H,3-6,9,12-16H2,1-2H3/t17?,18?,19-,20+/m0/s1. The van der Waals surface area contributed by atoms with Crippen molar-refractivity contribution in [1.82, 2.24) is 0 Å². The summed E-state index contributed by atoms with van der Waals surface area (Å²) in [4.78, 5) is 11.1. The molecule has 0 amide bonds. The predicted octanol–water partition coefficient (Wildman–Crippen LogP) is 3.68. The van der Waals surface area contributed by atoms with Gasteiger partial charge in [-0.15, -0.1) is 0 Å². The van der Waals surface area contributed by atoms with E-state index >= 15 is 0 Å². The molecule has 1 fully saturated rings. The summed E-state index contributed by atoms with van der Waals surface area (Å²) in [6, 6.07) is 0. The second kappa shape index (κ2) is 14.0. The Labute approximate surface area is 158 Å². The molecule has 0 aliphatic carbocycles. The van der Waals surface area contributed by atoms with Gasteiger partial charge in [-0.1, -0.05) is 44.1 Å². The van der Waals surface area contributed by atoms with E-state index in [0.717, 1.165) is 12.8 Å². The molecule has 0 aromatic rings. The molecule has 1 saturated heterocycles. The minimum atomic E-state index is -0.611. The number of esters is 1. The highest BCUT2D eigenvalue weighted by atomic mass is 16.5. The molecule has 1 aliphatic rings. The summed E-state index contributed by atoms with van der Waals surface area (Å²) >= 11 is 0. The van der Waals surface area contributed by atoms with E-state index < -0.39 is 12.2 Å². The molecule has 0 spiro atoms. The highest BCUT2D eigenvalue weighted by Gasteiger charge is 2.36. The molecular formula is C21H36O5. The summed E-state index contributed by atoms with van der Waals surface area (Å²) < 4.78 is 10.4. The number of carbonyl (C=O) groups is 1. The van der Waals surface area contributed by atoms with Crippen LogP contribution in [-0.4, -0.2) is 47.7 Å². The van der Waals surface area contributed by atoms with Crippen LogP contribution in [0.2, 0.25) is 0 Å². The number of methoxy groups -OCH3 is 1. The van der Waals surface area contributed by atoms with Crippen molar-refractivity contribution < 1.29 is 24.5 Å². The zero-order chi connectivity index (χ0) is 19.2. The maximum Gasteiger partial charge on any atom is 0.305 e. The van der Waals surface area contributed by atoms with Crippen LogP contribution < -0.4 is 0 Å². The van der Waals surface area contributed by atoms with Gasteiger partial charge in [0, 0.05) is 12.8 Å². The second-order valence-electron chi connectivity index (χ2n) is 6.96. The highest BCUT2D eigenvalue weighted by Crippen LogP contribution is 2.27. The Morgan fingerprint density at radius 2 is 2.00 bits per heavy atom. The van der Waals surface area contributed by atoms with Crippen LogP contribution in [0.25, 0.3) is 0 Å². The van der Waals surface area contributed by atoms with Gasteiger partial charge in [0.25, 0.3) is 0 Å². The fourth-order valence-electron chi connectivity index (χ4n) is 3.11. The second-order valence-corrected chi connectivity index (χ2v) is 6.96. The normalized spacial score (nSPS) is 24.5. The molecule has 4 atom stereocenters. The number of hydrogen-bond acceptors (Lipinski definition) is 5. The fraction of sp³-hybridized carbons (Fsp3) is 0.762. The Hall–Kier alpha value is -1.17. The molecular weight excluding hydrogens is 332 g/mol. The Morgan fingerprint density at radius 1 is 1.23 bits per heavy atom. The van der Waals surface area contributed by atoms with Crippen LogP contribution in [0.3, 0.4) is 0 Å². The average molecular weight is 369 g/mol. The third-order valence-electron chi connectivity index (χ3n) is 4.74. The highest BCUT2D eigenvalue weighted by molar-refractivity contribution is 5.68. The lowest BCUT2D eigenvalue weighted by atomic mass is 10.0.